The quantitative estimate of drug-likeness (QED) is 0.718. The van der Waals surface area contributed by atoms with Gasteiger partial charge in [0.25, 0.3) is 0 Å². The monoisotopic (exact) mass is 225 g/mol. The Morgan fingerprint density at radius 3 is 3.13 bits per heavy atom. The molecule has 0 aliphatic rings. The maximum Gasteiger partial charge on any atom is 0.246 e. The van der Waals surface area contributed by atoms with Crippen molar-refractivity contribution in [2.45, 2.75) is 6.54 Å². The van der Waals surface area contributed by atoms with E-state index in [0.717, 1.165) is 11.5 Å². The van der Waals surface area contributed by atoms with Gasteiger partial charge in [0, 0.05) is 11.5 Å². The van der Waals surface area contributed by atoms with Gasteiger partial charge in [-0.3, -0.25) is 4.79 Å². The normalized spacial score (nSPS) is 10.1. The third-order valence-electron chi connectivity index (χ3n) is 1.48. The first-order valence-electron chi connectivity index (χ1n) is 3.96. The number of nitrogens with two attached hydrogens (primary N) is 1. The lowest BCUT2D eigenvalue weighted by atomic mass is 10.6. The number of nitrogens with one attached hydrogen (secondary N) is 1. The van der Waals surface area contributed by atoms with Gasteiger partial charge in [-0.05, 0) is 0 Å². The molecule has 2 aromatic rings. The Morgan fingerprint density at radius 2 is 2.53 bits per heavy atom. The van der Waals surface area contributed by atoms with Crippen LogP contribution < -0.4 is 11.1 Å². The smallest absolute Gasteiger partial charge is 0.246 e. The summed E-state index contributed by atoms with van der Waals surface area (Å²) in [5.74, 6) is -0.0896. The van der Waals surface area contributed by atoms with Crippen molar-refractivity contribution in [3.63, 3.8) is 0 Å². The fourth-order valence-corrected chi connectivity index (χ4v) is 1.37. The Labute approximate surface area is 88.3 Å². The molecule has 0 spiro atoms. The minimum Gasteiger partial charge on any atom is -0.367 e. The Hall–Kier alpha value is -2.03. The topological polar surface area (TPSA) is 112 Å². The van der Waals surface area contributed by atoms with Crippen molar-refractivity contribution in [2.24, 2.45) is 0 Å². The SMILES string of the molecule is Nc1ncn(CC(=O)Nc2cnns2)n1. The van der Waals surface area contributed by atoms with E-state index >= 15 is 0 Å². The zero-order chi connectivity index (χ0) is 10.7. The van der Waals surface area contributed by atoms with Gasteiger partial charge in [-0.2, -0.15) is 0 Å². The third kappa shape index (κ3) is 2.47. The molecular formula is C6H7N7OS. The Bertz CT molecular complexity index is 450. The van der Waals surface area contributed by atoms with Gasteiger partial charge in [0.05, 0.1) is 6.20 Å². The van der Waals surface area contributed by atoms with E-state index in [1.165, 1.54) is 17.2 Å². The molecule has 0 unspecified atom stereocenters. The van der Waals surface area contributed by atoms with E-state index in [0.29, 0.717) is 5.00 Å². The first-order chi connectivity index (χ1) is 7.24. The van der Waals surface area contributed by atoms with E-state index in [9.17, 15) is 4.79 Å². The lowest BCUT2D eigenvalue weighted by Crippen LogP contribution is -2.18. The minimum absolute atomic E-state index is 0.0576. The van der Waals surface area contributed by atoms with Crippen LogP contribution in [-0.2, 0) is 11.3 Å². The summed E-state index contributed by atoms with van der Waals surface area (Å²) >= 11 is 1.10. The highest BCUT2D eigenvalue weighted by Gasteiger charge is 2.06. The molecule has 0 aliphatic carbocycles. The predicted octanol–water partition coefficient (Wildman–Crippen LogP) is -0.650. The molecular weight excluding hydrogens is 218 g/mol. The zero-order valence-corrected chi connectivity index (χ0v) is 8.31. The van der Waals surface area contributed by atoms with E-state index < -0.39 is 0 Å². The molecule has 8 nitrogen and oxygen atoms in total. The number of anilines is 2. The van der Waals surface area contributed by atoms with Crippen molar-refractivity contribution in [1.29, 1.82) is 0 Å². The second kappa shape index (κ2) is 4.00. The van der Waals surface area contributed by atoms with Gasteiger partial charge in [-0.1, -0.05) is 4.49 Å². The maximum absolute atomic E-state index is 11.4. The molecule has 9 heteroatoms. The molecule has 0 aliphatic heterocycles. The number of rotatable bonds is 3. The number of carbonyl (C=O) groups excluding carboxylic acids is 1. The van der Waals surface area contributed by atoms with Gasteiger partial charge in [0.2, 0.25) is 11.9 Å². The highest BCUT2D eigenvalue weighted by atomic mass is 32.1. The number of aromatic nitrogens is 5. The van der Waals surface area contributed by atoms with Crippen molar-refractivity contribution < 1.29 is 4.79 Å². The molecule has 0 bridgehead atoms. The molecule has 2 aromatic heterocycles. The van der Waals surface area contributed by atoms with E-state index in [2.05, 4.69) is 25.0 Å². The largest absolute Gasteiger partial charge is 0.367 e. The molecule has 15 heavy (non-hydrogen) atoms. The molecule has 0 atom stereocenters. The molecule has 3 N–H and O–H groups in total. The van der Waals surface area contributed by atoms with Gasteiger partial charge < -0.3 is 11.1 Å². The van der Waals surface area contributed by atoms with Crippen LogP contribution in [0.3, 0.4) is 0 Å². The summed E-state index contributed by atoms with van der Waals surface area (Å²) in [7, 11) is 0. The van der Waals surface area contributed by atoms with Crippen LogP contribution >= 0.6 is 11.5 Å². The van der Waals surface area contributed by atoms with Crippen LogP contribution in [0.25, 0.3) is 0 Å². The van der Waals surface area contributed by atoms with Crippen LogP contribution in [0.1, 0.15) is 0 Å². The van der Waals surface area contributed by atoms with Crippen LogP contribution in [0.5, 0.6) is 0 Å². The van der Waals surface area contributed by atoms with Crippen LogP contribution in [0, 0.1) is 0 Å². The maximum atomic E-state index is 11.4. The van der Waals surface area contributed by atoms with E-state index in [1.54, 1.807) is 0 Å². The molecule has 0 radical (unpaired) electrons. The standard InChI is InChI=1S/C6H7N7OS/c7-6-8-3-13(11-6)2-4(14)10-5-1-9-12-15-5/h1,3H,2H2,(H2,7,11)(H,10,14). The number of nitrogens with zero attached hydrogens (tertiary/aromatic N) is 5. The van der Waals surface area contributed by atoms with Crippen molar-refractivity contribution in [3.05, 3.63) is 12.5 Å². The highest BCUT2D eigenvalue weighted by molar-refractivity contribution is 7.10. The van der Waals surface area contributed by atoms with Crippen LogP contribution in [0.15, 0.2) is 12.5 Å². The summed E-state index contributed by atoms with van der Waals surface area (Å²) in [5.41, 5.74) is 5.30. The first-order valence-corrected chi connectivity index (χ1v) is 4.73. The molecule has 0 aromatic carbocycles. The fraction of sp³-hybridized carbons (Fsp3) is 0.167. The number of nitrogen functional groups attached to an aromatic ring is 1. The predicted molar refractivity (Wildman–Crippen MR) is 53.0 cm³/mol. The summed E-state index contributed by atoms with van der Waals surface area (Å²) in [6, 6.07) is 0. The summed E-state index contributed by atoms with van der Waals surface area (Å²) in [5, 5.41) is 10.6. The molecule has 2 rings (SSSR count). The van der Waals surface area contributed by atoms with Gasteiger partial charge >= 0.3 is 0 Å². The van der Waals surface area contributed by atoms with E-state index in [-0.39, 0.29) is 18.4 Å². The molecule has 78 valence electrons. The lowest BCUT2D eigenvalue weighted by molar-refractivity contribution is -0.116. The van der Waals surface area contributed by atoms with Crippen LogP contribution in [-0.4, -0.2) is 30.3 Å². The van der Waals surface area contributed by atoms with Crippen LogP contribution in [0.2, 0.25) is 0 Å². The molecule has 2 heterocycles. The van der Waals surface area contributed by atoms with Crippen molar-refractivity contribution in [3.8, 4) is 0 Å². The summed E-state index contributed by atoms with van der Waals surface area (Å²) in [6.07, 6.45) is 2.86. The van der Waals surface area contributed by atoms with Crippen LogP contribution in [0.4, 0.5) is 10.9 Å². The average Bonchev–Trinajstić information content (AvgIpc) is 2.77. The zero-order valence-electron chi connectivity index (χ0n) is 7.49. The average molecular weight is 225 g/mol. The van der Waals surface area contributed by atoms with Gasteiger partial charge in [0.15, 0.2) is 0 Å². The Balaban J connectivity index is 1.93. The minimum atomic E-state index is -0.231. The number of hydrogen-bond acceptors (Lipinski definition) is 7. The lowest BCUT2D eigenvalue weighted by Gasteiger charge is -2.00. The fourth-order valence-electron chi connectivity index (χ4n) is 0.932. The summed E-state index contributed by atoms with van der Waals surface area (Å²) in [4.78, 5) is 15.1. The number of carbonyl (C=O) groups is 1. The summed E-state index contributed by atoms with van der Waals surface area (Å²) in [6.45, 7) is 0.0576. The van der Waals surface area contributed by atoms with E-state index in [1.807, 2.05) is 0 Å². The first kappa shape index (κ1) is 9.52. The second-order valence-electron chi connectivity index (χ2n) is 2.63. The number of hydrogen-bond donors (Lipinski definition) is 2. The molecule has 0 fully saturated rings. The highest BCUT2D eigenvalue weighted by Crippen LogP contribution is 2.08. The number of amides is 1. The molecule has 0 saturated carbocycles. The van der Waals surface area contributed by atoms with Gasteiger partial charge in [0.1, 0.15) is 17.9 Å². The van der Waals surface area contributed by atoms with Gasteiger partial charge in [-0.25, -0.2) is 9.67 Å². The molecule has 1 amide bonds. The Morgan fingerprint density at radius 1 is 1.67 bits per heavy atom. The van der Waals surface area contributed by atoms with Crippen molar-refractivity contribution in [2.75, 3.05) is 11.1 Å². The van der Waals surface area contributed by atoms with Gasteiger partial charge in [-0.15, -0.1) is 10.2 Å². The summed E-state index contributed by atoms with van der Waals surface area (Å²) < 4.78 is 4.95. The van der Waals surface area contributed by atoms with Crippen molar-refractivity contribution >= 4 is 28.4 Å². The second-order valence-corrected chi connectivity index (χ2v) is 3.42. The Kier molecular flexibility index (Phi) is 2.54. The van der Waals surface area contributed by atoms with E-state index in [4.69, 9.17) is 5.73 Å². The third-order valence-corrected chi connectivity index (χ3v) is 2.06. The van der Waals surface area contributed by atoms with Crippen molar-refractivity contribution in [1.82, 2.24) is 24.4 Å². The molecule has 0 saturated heterocycles.